The Morgan fingerprint density at radius 1 is 1.04 bits per heavy atom. The van der Waals surface area contributed by atoms with Crippen LogP contribution in [0.1, 0.15) is 11.1 Å². The highest BCUT2D eigenvalue weighted by Crippen LogP contribution is 2.24. The van der Waals surface area contributed by atoms with Gasteiger partial charge in [0.05, 0.1) is 5.70 Å². The van der Waals surface area contributed by atoms with Gasteiger partial charge in [-0.05, 0) is 47.9 Å². The van der Waals surface area contributed by atoms with Crippen molar-refractivity contribution in [3.63, 3.8) is 0 Å². The van der Waals surface area contributed by atoms with Gasteiger partial charge in [-0.15, -0.1) is 0 Å². The van der Waals surface area contributed by atoms with Gasteiger partial charge in [0.1, 0.15) is 0 Å². The molecule has 1 aliphatic heterocycles. The van der Waals surface area contributed by atoms with Crippen LogP contribution in [0.2, 0.25) is 5.02 Å². The summed E-state index contributed by atoms with van der Waals surface area (Å²) in [5.41, 5.74) is 8.12. The molecule has 0 amide bonds. The summed E-state index contributed by atoms with van der Waals surface area (Å²) in [5.74, 6) is 0. The van der Waals surface area contributed by atoms with E-state index in [0.29, 0.717) is 0 Å². The lowest BCUT2D eigenvalue weighted by atomic mass is 10.1. The maximum atomic E-state index is 6.14. The number of rotatable bonds is 4. The largest absolute Gasteiger partial charge is 0.361 e. The molecule has 0 saturated heterocycles. The second-order valence-electron chi connectivity index (χ2n) is 5.81. The van der Waals surface area contributed by atoms with Gasteiger partial charge in [0, 0.05) is 34.9 Å². The van der Waals surface area contributed by atoms with E-state index >= 15 is 0 Å². The number of hydrazine groups is 1. The smallest absolute Gasteiger partial charge is 0.0644 e. The standard InChI is InChI=1S/C20H18ClN3/c21-17-8-9-19-18(13-17)16(14-22-19)10-12-24-20(7-4-11-23-24)15-5-2-1-3-6-15/h1-9,11,13-14,22-23H,10,12H2. The van der Waals surface area contributed by atoms with Crippen molar-refractivity contribution in [3.05, 3.63) is 89.2 Å². The molecule has 4 heteroatoms. The molecule has 4 rings (SSSR count). The van der Waals surface area contributed by atoms with Crippen LogP contribution in [0.3, 0.4) is 0 Å². The van der Waals surface area contributed by atoms with Crippen LogP contribution in [-0.2, 0) is 6.42 Å². The quantitative estimate of drug-likeness (QED) is 0.721. The summed E-state index contributed by atoms with van der Waals surface area (Å²) in [5, 5.41) is 4.14. The highest BCUT2D eigenvalue weighted by atomic mass is 35.5. The first-order valence-corrected chi connectivity index (χ1v) is 8.40. The van der Waals surface area contributed by atoms with Crippen molar-refractivity contribution in [2.24, 2.45) is 0 Å². The summed E-state index contributed by atoms with van der Waals surface area (Å²) in [6.45, 7) is 0.866. The molecule has 0 fully saturated rings. The van der Waals surface area contributed by atoms with Crippen molar-refractivity contribution >= 4 is 28.2 Å². The first-order valence-electron chi connectivity index (χ1n) is 8.03. The zero-order valence-electron chi connectivity index (χ0n) is 13.2. The average Bonchev–Trinajstić information content (AvgIpc) is 3.03. The Bertz CT molecular complexity index is 909. The molecule has 0 aliphatic carbocycles. The molecule has 24 heavy (non-hydrogen) atoms. The van der Waals surface area contributed by atoms with Crippen LogP contribution in [0, 0.1) is 0 Å². The van der Waals surface area contributed by atoms with E-state index in [9.17, 15) is 0 Å². The fourth-order valence-electron chi connectivity index (χ4n) is 3.07. The van der Waals surface area contributed by atoms with Crippen LogP contribution in [-0.4, -0.2) is 16.5 Å². The highest BCUT2D eigenvalue weighted by molar-refractivity contribution is 6.31. The summed E-state index contributed by atoms with van der Waals surface area (Å²) >= 11 is 6.14. The monoisotopic (exact) mass is 335 g/mol. The van der Waals surface area contributed by atoms with Crippen molar-refractivity contribution in [2.75, 3.05) is 6.54 Å². The normalized spacial score (nSPS) is 13.9. The number of hydrogen-bond donors (Lipinski definition) is 2. The van der Waals surface area contributed by atoms with E-state index in [1.165, 1.54) is 22.2 Å². The van der Waals surface area contributed by atoms with Crippen LogP contribution in [0.5, 0.6) is 0 Å². The topological polar surface area (TPSA) is 31.1 Å². The third-order valence-corrected chi connectivity index (χ3v) is 4.51. The third-order valence-electron chi connectivity index (χ3n) is 4.28. The lowest BCUT2D eigenvalue weighted by Crippen LogP contribution is -2.35. The van der Waals surface area contributed by atoms with Crippen LogP contribution < -0.4 is 5.43 Å². The molecule has 3 nitrogen and oxygen atoms in total. The number of aromatic nitrogens is 1. The maximum Gasteiger partial charge on any atom is 0.0644 e. The first kappa shape index (κ1) is 14.9. The molecule has 3 aromatic rings. The van der Waals surface area contributed by atoms with Crippen molar-refractivity contribution in [3.8, 4) is 0 Å². The summed E-state index contributed by atoms with van der Waals surface area (Å²) in [6.07, 6.45) is 9.12. The fraction of sp³-hybridized carbons (Fsp3) is 0.100. The van der Waals surface area contributed by atoms with Crippen LogP contribution in [0.25, 0.3) is 16.6 Å². The van der Waals surface area contributed by atoms with Crippen molar-refractivity contribution in [2.45, 2.75) is 6.42 Å². The van der Waals surface area contributed by atoms with Crippen molar-refractivity contribution in [1.82, 2.24) is 15.4 Å². The molecule has 0 saturated carbocycles. The Labute approximate surface area is 146 Å². The maximum absolute atomic E-state index is 6.14. The van der Waals surface area contributed by atoms with Gasteiger partial charge < -0.3 is 10.4 Å². The number of nitrogens with zero attached hydrogens (tertiary/aromatic N) is 1. The molecule has 120 valence electrons. The zero-order valence-corrected chi connectivity index (χ0v) is 13.9. The Morgan fingerprint density at radius 3 is 2.79 bits per heavy atom. The predicted octanol–water partition coefficient (Wildman–Crippen LogP) is 4.74. The van der Waals surface area contributed by atoms with E-state index in [1.54, 1.807) is 0 Å². The number of hydrogen-bond acceptors (Lipinski definition) is 2. The van der Waals surface area contributed by atoms with Crippen LogP contribution in [0.15, 0.2) is 73.1 Å². The van der Waals surface area contributed by atoms with Crippen LogP contribution in [0.4, 0.5) is 0 Å². The number of allylic oxidation sites excluding steroid dienone is 2. The van der Waals surface area contributed by atoms with Gasteiger partial charge in [-0.1, -0.05) is 41.9 Å². The van der Waals surface area contributed by atoms with E-state index in [-0.39, 0.29) is 0 Å². The molecule has 2 heterocycles. The minimum atomic E-state index is 0.771. The molecular formula is C20H18ClN3. The van der Waals surface area contributed by atoms with Gasteiger partial charge >= 0.3 is 0 Å². The molecule has 0 bridgehead atoms. The van der Waals surface area contributed by atoms with Crippen molar-refractivity contribution in [1.29, 1.82) is 0 Å². The Morgan fingerprint density at radius 2 is 1.92 bits per heavy atom. The molecule has 1 aliphatic rings. The van der Waals surface area contributed by atoms with Crippen LogP contribution >= 0.6 is 11.6 Å². The highest BCUT2D eigenvalue weighted by Gasteiger charge is 2.13. The first-order chi connectivity index (χ1) is 11.8. The van der Waals surface area contributed by atoms with E-state index in [1.807, 2.05) is 36.5 Å². The molecule has 1 aromatic heterocycles. The van der Waals surface area contributed by atoms with Gasteiger partial charge in [-0.2, -0.15) is 0 Å². The number of aromatic amines is 1. The number of H-pyrrole nitrogens is 1. The summed E-state index contributed by atoms with van der Waals surface area (Å²) in [6, 6.07) is 16.4. The number of halogens is 1. The summed E-state index contributed by atoms with van der Waals surface area (Å²) in [7, 11) is 0. The van der Waals surface area contributed by atoms with Gasteiger partial charge in [-0.3, -0.25) is 5.01 Å². The van der Waals surface area contributed by atoms with E-state index in [2.05, 4.69) is 52.0 Å². The van der Waals surface area contributed by atoms with Gasteiger partial charge in [0.25, 0.3) is 0 Å². The zero-order chi connectivity index (χ0) is 16.4. The van der Waals surface area contributed by atoms with Gasteiger partial charge in [-0.25, -0.2) is 0 Å². The summed E-state index contributed by atoms with van der Waals surface area (Å²) in [4.78, 5) is 3.32. The van der Waals surface area contributed by atoms with E-state index < -0.39 is 0 Å². The molecule has 2 N–H and O–H groups in total. The Balaban J connectivity index is 1.55. The van der Waals surface area contributed by atoms with Crippen molar-refractivity contribution < 1.29 is 0 Å². The van der Waals surface area contributed by atoms with E-state index in [4.69, 9.17) is 11.6 Å². The molecule has 0 unspecified atom stereocenters. The van der Waals surface area contributed by atoms with Gasteiger partial charge in [0.15, 0.2) is 0 Å². The lowest BCUT2D eigenvalue weighted by molar-refractivity contribution is 0.337. The second-order valence-corrected chi connectivity index (χ2v) is 6.25. The number of nitrogens with one attached hydrogen (secondary N) is 2. The number of fused-ring (bicyclic) bond motifs is 1. The lowest BCUT2D eigenvalue weighted by Gasteiger charge is -2.29. The molecule has 0 spiro atoms. The third kappa shape index (κ3) is 2.91. The minimum Gasteiger partial charge on any atom is -0.361 e. The Kier molecular flexibility index (Phi) is 4.01. The van der Waals surface area contributed by atoms with Gasteiger partial charge in [0.2, 0.25) is 0 Å². The average molecular weight is 336 g/mol. The number of benzene rings is 2. The molecule has 0 atom stereocenters. The van der Waals surface area contributed by atoms with E-state index in [0.717, 1.165) is 23.5 Å². The molecule has 0 radical (unpaired) electrons. The predicted molar refractivity (Wildman–Crippen MR) is 100 cm³/mol. The fourth-order valence-corrected chi connectivity index (χ4v) is 3.24. The second kappa shape index (κ2) is 6.46. The minimum absolute atomic E-state index is 0.771. The summed E-state index contributed by atoms with van der Waals surface area (Å²) < 4.78 is 0. The Hall–Kier alpha value is -2.65. The SMILES string of the molecule is Clc1ccc2[nH]cc(CCN3NC=CC=C3c3ccccc3)c2c1. The molecular weight excluding hydrogens is 318 g/mol. The molecule has 2 aromatic carbocycles.